The van der Waals surface area contributed by atoms with Crippen LogP contribution in [0, 0.1) is 5.92 Å². The minimum Gasteiger partial charge on any atom is -0.454 e. The van der Waals surface area contributed by atoms with Crippen molar-refractivity contribution in [1.82, 2.24) is 10.6 Å². The summed E-state index contributed by atoms with van der Waals surface area (Å²) in [5.41, 5.74) is 0.426. The van der Waals surface area contributed by atoms with Gasteiger partial charge in [-0.2, -0.15) is 8.78 Å². The van der Waals surface area contributed by atoms with E-state index < -0.39 is 6.61 Å². The molecule has 25 heavy (non-hydrogen) atoms. The zero-order valence-electron chi connectivity index (χ0n) is 13.6. The topological polar surface area (TPSA) is 68.8 Å². The van der Waals surface area contributed by atoms with Gasteiger partial charge in [0.1, 0.15) is 5.75 Å². The highest BCUT2D eigenvalue weighted by Crippen LogP contribution is 2.38. The van der Waals surface area contributed by atoms with E-state index in [2.05, 4.69) is 15.4 Å². The monoisotopic (exact) mass is 378 g/mol. The fraction of sp³-hybridized carbons (Fsp3) is 0.562. The van der Waals surface area contributed by atoms with Crippen molar-refractivity contribution < 1.29 is 27.8 Å². The molecule has 2 aliphatic rings. The lowest BCUT2D eigenvalue weighted by atomic mass is 10.0. The maximum Gasteiger partial charge on any atom is 0.387 e. The number of halogens is 3. The zero-order valence-corrected chi connectivity index (χ0v) is 14.4. The molecular formula is C16H21ClF2N2O4. The van der Waals surface area contributed by atoms with Gasteiger partial charge >= 0.3 is 6.61 Å². The van der Waals surface area contributed by atoms with E-state index in [4.69, 9.17) is 9.47 Å². The van der Waals surface area contributed by atoms with Crippen molar-refractivity contribution in [3.8, 4) is 17.2 Å². The molecule has 140 valence electrons. The second kappa shape index (κ2) is 9.05. The van der Waals surface area contributed by atoms with E-state index in [1.54, 1.807) is 6.07 Å². The van der Waals surface area contributed by atoms with Gasteiger partial charge in [0.25, 0.3) is 0 Å². The Kier molecular flexibility index (Phi) is 7.07. The predicted molar refractivity (Wildman–Crippen MR) is 88.5 cm³/mol. The van der Waals surface area contributed by atoms with Crippen LogP contribution < -0.4 is 24.8 Å². The summed E-state index contributed by atoms with van der Waals surface area (Å²) in [5.74, 6) is 1.21. The van der Waals surface area contributed by atoms with Gasteiger partial charge in [0, 0.05) is 24.6 Å². The molecule has 0 radical (unpaired) electrons. The number of hydrogen-bond acceptors (Lipinski definition) is 5. The van der Waals surface area contributed by atoms with Crippen LogP contribution in [0.1, 0.15) is 24.8 Å². The van der Waals surface area contributed by atoms with Crippen molar-refractivity contribution in [2.45, 2.75) is 32.4 Å². The van der Waals surface area contributed by atoms with Crippen LogP contribution in [0.3, 0.4) is 0 Å². The number of ether oxygens (including phenoxy) is 3. The minimum absolute atomic E-state index is 0. The lowest BCUT2D eigenvalue weighted by molar-refractivity contribution is -0.121. The predicted octanol–water partition coefficient (Wildman–Crippen LogP) is 2.44. The number of rotatable bonds is 7. The molecule has 2 N–H and O–H groups in total. The van der Waals surface area contributed by atoms with E-state index in [-0.39, 0.29) is 37.4 Å². The number of carbonyl (C=O) groups is 1. The van der Waals surface area contributed by atoms with Gasteiger partial charge in [0.2, 0.25) is 12.7 Å². The first-order valence-electron chi connectivity index (χ1n) is 7.96. The van der Waals surface area contributed by atoms with Crippen LogP contribution >= 0.6 is 12.4 Å². The highest BCUT2D eigenvalue weighted by atomic mass is 35.5. The number of alkyl halides is 2. The standard InChI is InChI=1S/C16H20F2N2O4.ClH/c17-16(18)24-12-6-14-13(22-9-23-14)5-11(12)8-20-15(21)2-1-10-3-4-19-7-10;/h5-6,10,16,19H,1-4,7-9H2,(H,20,21);1H. The van der Waals surface area contributed by atoms with Gasteiger partial charge in [-0.25, -0.2) is 0 Å². The summed E-state index contributed by atoms with van der Waals surface area (Å²) in [7, 11) is 0. The minimum atomic E-state index is -2.95. The van der Waals surface area contributed by atoms with E-state index in [9.17, 15) is 13.6 Å². The van der Waals surface area contributed by atoms with Crippen LogP contribution in [-0.2, 0) is 11.3 Å². The molecule has 9 heteroatoms. The van der Waals surface area contributed by atoms with E-state index in [1.165, 1.54) is 6.07 Å². The highest BCUT2D eigenvalue weighted by Gasteiger charge is 2.21. The Balaban J connectivity index is 0.00000225. The Labute approximate surface area is 150 Å². The van der Waals surface area contributed by atoms with Gasteiger partial charge in [0.05, 0.1) is 0 Å². The normalized spacial score (nSPS) is 18.1. The van der Waals surface area contributed by atoms with Crippen LogP contribution in [0.25, 0.3) is 0 Å². The fourth-order valence-electron chi connectivity index (χ4n) is 2.89. The van der Waals surface area contributed by atoms with Crippen LogP contribution in [-0.4, -0.2) is 32.4 Å². The van der Waals surface area contributed by atoms with Gasteiger partial charge in [-0.1, -0.05) is 0 Å². The first kappa shape index (κ1) is 19.5. The van der Waals surface area contributed by atoms with Crippen molar-refractivity contribution in [2.75, 3.05) is 19.9 Å². The van der Waals surface area contributed by atoms with Crippen LogP contribution in [0.5, 0.6) is 17.2 Å². The molecule has 6 nitrogen and oxygen atoms in total. The quantitative estimate of drug-likeness (QED) is 0.762. The molecule has 0 aliphatic carbocycles. The van der Waals surface area contributed by atoms with Crippen LogP contribution in [0.15, 0.2) is 12.1 Å². The SMILES string of the molecule is Cl.O=C(CCC1CCNC1)NCc1cc2c(cc1OC(F)F)OCO2. The Morgan fingerprint density at radius 2 is 2.12 bits per heavy atom. The summed E-state index contributed by atoms with van der Waals surface area (Å²) in [6, 6.07) is 2.92. The van der Waals surface area contributed by atoms with Crippen molar-refractivity contribution in [2.24, 2.45) is 5.92 Å². The molecule has 1 atom stereocenters. The second-order valence-corrected chi connectivity index (χ2v) is 5.87. The average molecular weight is 379 g/mol. The van der Waals surface area contributed by atoms with Crippen molar-refractivity contribution in [3.05, 3.63) is 17.7 Å². The van der Waals surface area contributed by atoms with Gasteiger partial charge in [0.15, 0.2) is 11.5 Å². The summed E-state index contributed by atoms with van der Waals surface area (Å²) in [6.07, 6.45) is 2.32. The summed E-state index contributed by atoms with van der Waals surface area (Å²) in [5, 5.41) is 6.01. The van der Waals surface area contributed by atoms with Gasteiger partial charge in [-0.15, -0.1) is 12.4 Å². The Morgan fingerprint density at radius 3 is 2.80 bits per heavy atom. The Hall–Kier alpha value is -1.80. The lowest BCUT2D eigenvalue weighted by Crippen LogP contribution is -2.24. The number of hydrogen-bond donors (Lipinski definition) is 2. The third kappa shape index (κ3) is 5.34. The van der Waals surface area contributed by atoms with E-state index in [1.807, 2.05) is 0 Å². The molecule has 1 unspecified atom stereocenters. The second-order valence-electron chi connectivity index (χ2n) is 5.87. The molecule has 1 aromatic rings. The molecule has 3 rings (SSSR count). The first-order chi connectivity index (χ1) is 11.6. The number of amides is 1. The van der Waals surface area contributed by atoms with E-state index in [0.29, 0.717) is 29.4 Å². The molecule has 2 aliphatic heterocycles. The number of fused-ring (bicyclic) bond motifs is 1. The van der Waals surface area contributed by atoms with E-state index in [0.717, 1.165) is 25.9 Å². The molecular weight excluding hydrogens is 358 g/mol. The zero-order chi connectivity index (χ0) is 16.9. The molecule has 1 fully saturated rings. The number of benzene rings is 1. The maximum atomic E-state index is 12.6. The molecule has 0 spiro atoms. The molecule has 1 saturated heterocycles. The summed E-state index contributed by atoms with van der Waals surface area (Å²) < 4.78 is 40.0. The largest absolute Gasteiger partial charge is 0.454 e. The Morgan fingerprint density at radius 1 is 1.36 bits per heavy atom. The van der Waals surface area contributed by atoms with Crippen molar-refractivity contribution >= 4 is 18.3 Å². The van der Waals surface area contributed by atoms with Gasteiger partial charge in [-0.05, 0) is 37.9 Å². The smallest absolute Gasteiger partial charge is 0.387 e. The average Bonchev–Trinajstić information content (AvgIpc) is 3.21. The first-order valence-corrected chi connectivity index (χ1v) is 7.96. The third-order valence-electron chi connectivity index (χ3n) is 4.19. The van der Waals surface area contributed by atoms with Gasteiger partial charge in [-0.3, -0.25) is 4.79 Å². The summed E-state index contributed by atoms with van der Waals surface area (Å²) in [6.45, 7) is -0.871. The highest BCUT2D eigenvalue weighted by molar-refractivity contribution is 5.85. The molecule has 1 aromatic carbocycles. The van der Waals surface area contributed by atoms with Crippen LogP contribution in [0.4, 0.5) is 8.78 Å². The molecule has 0 saturated carbocycles. The number of carbonyl (C=O) groups excluding carboxylic acids is 1. The van der Waals surface area contributed by atoms with Gasteiger partial charge < -0.3 is 24.8 Å². The summed E-state index contributed by atoms with van der Waals surface area (Å²) >= 11 is 0. The number of nitrogens with one attached hydrogen (secondary N) is 2. The van der Waals surface area contributed by atoms with Crippen LogP contribution in [0.2, 0.25) is 0 Å². The molecule has 2 heterocycles. The third-order valence-corrected chi connectivity index (χ3v) is 4.19. The molecule has 1 amide bonds. The molecule has 0 bridgehead atoms. The van der Waals surface area contributed by atoms with E-state index >= 15 is 0 Å². The summed E-state index contributed by atoms with van der Waals surface area (Å²) in [4.78, 5) is 12.0. The van der Waals surface area contributed by atoms with Crippen molar-refractivity contribution in [3.63, 3.8) is 0 Å². The Bertz CT molecular complexity index is 598. The lowest BCUT2D eigenvalue weighted by Gasteiger charge is -2.13. The maximum absolute atomic E-state index is 12.6. The van der Waals surface area contributed by atoms with Crippen molar-refractivity contribution in [1.29, 1.82) is 0 Å². The molecule has 0 aromatic heterocycles. The fourth-order valence-corrected chi connectivity index (χ4v) is 2.89.